The summed E-state index contributed by atoms with van der Waals surface area (Å²) in [5.41, 5.74) is 5.21. The maximum atomic E-state index is 11.9. The first kappa shape index (κ1) is 84.3. The van der Waals surface area contributed by atoms with Crippen molar-refractivity contribution in [3.8, 4) is 0 Å². The topological polar surface area (TPSA) is 105 Å². The molecule has 0 bridgehead atoms. The summed E-state index contributed by atoms with van der Waals surface area (Å²) >= 11 is 0. The number of benzene rings is 5. The summed E-state index contributed by atoms with van der Waals surface area (Å²) in [6, 6.07) is 50.5. The Labute approximate surface area is 486 Å². The van der Waals surface area contributed by atoms with E-state index in [4.69, 9.17) is 19.0 Å². The minimum Gasteiger partial charge on any atom is -0.471 e. The second-order valence-electron chi connectivity index (χ2n) is 18.2. The third kappa shape index (κ3) is 44.5. The fourth-order valence-corrected chi connectivity index (χ4v) is 5.39. The van der Waals surface area contributed by atoms with Crippen LogP contribution in [0.4, 0.5) is 0 Å². The van der Waals surface area contributed by atoms with E-state index >= 15 is 0 Å². The first-order valence-electron chi connectivity index (χ1n) is 29.6. The lowest BCUT2D eigenvalue weighted by Crippen LogP contribution is -2.26. The van der Waals surface area contributed by atoms with Crippen LogP contribution in [0.15, 0.2) is 152 Å². The third-order valence-corrected chi connectivity index (χ3v) is 11.9. The molecule has 0 heterocycles. The number of esters is 3. The molecule has 4 unspecified atom stereocenters. The molecule has 0 N–H and O–H groups in total. The van der Waals surface area contributed by atoms with Crippen LogP contribution in [0.1, 0.15) is 237 Å². The quantitative estimate of drug-likeness (QED) is 0.0515. The van der Waals surface area contributed by atoms with Gasteiger partial charge in [-0.05, 0) is 106 Å². The smallest absolute Gasteiger partial charge is 0.312 e. The molecule has 4 atom stereocenters. The lowest BCUT2D eigenvalue weighted by atomic mass is 9.90. The molecule has 0 aliphatic rings. The van der Waals surface area contributed by atoms with Gasteiger partial charge in [0.2, 0.25) is 0 Å². The van der Waals surface area contributed by atoms with Crippen LogP contribution in [0.5, 0.6) is 0 Å². The maximum absolute atomic E-state index is 11.9. The standard InChI is InChI=1S/C14H20O2.C13H18O2.C12H16O2.2C10H14.C2H4O2.5C2H6/c1-5-14(3,4)13(15)16-11(2)12-9-7-6-8-10-12;1-4-13(2,3)12(14)15-10-11-8-6-5-7-9-11;1-3-10(2)12(13)14-9-11-7-5-4-6-8-11;2*1-3-9(2)10-7-5-4-6-8-10;1-4-2-3;5*1-2/h6-11H,5H2,1-4H3;5-9H,4,10H2,1-3H3;4-8,10H,3,9H2,1-2H3;2*4-9H,3H2,1-2H3;2H,1H3;5*1-2H3. The molecule has 0 aromatic heterocycles. The molecule has 0 fully saturated rings. The van der Waals surface area contributed by atoms with E-state index in [2.05, 4.69) is 93.1 Å². The molecule has 0 radical (unpaired) electrons. The van der Waals surface area contributed by atoms with Gasteiger partial charge in [0, 0.05) is 0 Å². The van der Waals surface area contributed by atoms with Gasteiger partial charge in [-0.15, -0.1) is 0 Å². The molecule has 0 saturated heterocycles. The molecule has 8 heteroatoms. The van der Waals surface area contributed by atoms with Crippen LogP contribution < -0.4 is 0 Å². The van der Waals surface area contributed by atoms with Crippen molar-refractivity contribution >= 4 is 24.4 Å². The second kappa shape index (κ2) is 58.1. The Hall–Kier alpha value is -6.02. The number of carbonyl (C=O) groups excluding carboxylic acids is 4. The van der Waals surface area contributed by atoms with Crippen molar-refractivity contribution in [3.63, 3.8) is 0 Å². The summed E-state index contributed by atoms with van der Waals surface area (Å²) < 4.78 is 19.7. The van der Waals surface area contributed by atoms with Gasteiger partial charge in [-0.1, -0.05) is 276 Å². The van der Waals surface area contributed by atoms with Gasteiger partial charge in [-0.25, -0.2) is 0 Å². The highest BCUT2D eigenvalue weighted by atomic mass is 16.5. The summed E-state index contributed by atoms with van der Waals surface area (Å²) in [4.78, 5) is 43.8. The maximum Gasteiger partial charge on any atom is 0.312 e. The van der Waals surface area contributed by atoms with Gasteiger partial charge in [0.25, 0.3) is 6.47 Å². The molecule has 0 spiro atoms. The van der Waals surface area contributed by atoms with Crippen LogP contribution in [0.3, 0.4) is 0 Å². The number of hydrogen-bond acceptors (Lipinski definition) is 8. The van der Waals surface area contributed by atoms with E-state index in [1.807, 2.05) is 223 Å². The first-order chi connectivity index (χ1) is 37.9. The van der Waals surface area contributed by atoms with E-state index in [9.17, 15) is 14.4 Å². The Kier molecular flexibility index (Phi) is 62.0. The van der Waals surface area contributed by atoms with E-state index in [0.29, 0.717) is 31.5 Å². The van der Waals surface area contributed by atoms with Crippen LogP contribution in [-0.2, 0) is 51.3 Å². The van der Waals surface area contributed by atoms with Gasteiger partial charge >= 0.3 is 17.9 Å². The number of hydrogen-bond donors (Lipinski definition) is 0. The molecule has 5 aromatic rings. The van der Waals surface area contributed by atoms with Crippen LogP contribution in [0, 0.1) is 16.7 Å². The average molecular weight is 1100 g/mol. The molecular formula is C71H116O8. The molecule has 0 amide bonds. The summed E-state index contributed by atoms with van der Waals surface area (Å²) in [5, 5.41) is 0. The van der Waals surface area contributed by atoms with Crippen LogP contribution in [0.2, 0.25) is 0 Å². The number of ether oxygens (including phenoxy) is 4. The molecule has 79 heavy (non-hydrogen) atoms. The SMILES string of the molecule is CC.CC.CC.CC.CC.CCC(C)(C)C(=O)OC(C)c1ccccc1.CCC(C)(C)C(=O)OCc1ccccc1.CCC(C)C(=O)OCc1ccccc1.CCC(C)c1ccccc1.CCC(C)c1ccccc1.COC=O. The number of carbonyl (C=O) groups is 4. The van der Waals surface area contributed by atoms with Gasteiger partial charge in [0.1, 0.15) is 19.3 Å². The van der Waals surface area contributed by atoms with Gasteiger partial charge in [-0.2, -0.15) is 0 Å². The molecule has 5 rings (SSSR count). The predicted octanol–water partition coefficient (Wildman–Crippen LogP) is 21.0. The molecule has 8 nitrogen and oxygen atoms in total. The van der Waals surface area contributed by atoms with Crippen molar-refractivity contribution in [2.75, 3.05) is 7.11 Å². The van der Waals surface area contributed by atoms with E-state index in [-0.39, 0.29) is 35.3 Å². The average Bonchev–Trinajstić information content (AvgIpc) is 3.53. The first-order valence-corrected chi connectivity index (χ1v) is 29.6. The van der Waals surface area contributed by atoms with E-state index in [1.54, 1.807) is 0 Å². The predicted molar refractivity (Wildman–Crippen MR) is 341 cm³/mol. The highest BCUT2D eigenvalue weighted by molar-refractivity contribution is 5.76. The lowest BCUT2D eigenvalue weighted by molar-refractivity contribution is -0.159. The fraction of sp³-hybridized carbons (Fsp3) is 0.521. The van der Waals surface area contributed by atoms with E-state index < -0.39 is 5.41 Å². The largest absolute Gasteiger partial charge is 0.471 e. The Morgan fingerprint density at radius 3 is 0.987 bits per heavy atom. The van der Waals surface area contributed by atoms with E-state index in [0.717, 1.165) is 36.0 Å². The summed E-state index contributed by atoms with van der Waals surface area (Å²) in [6.07, 6.45) is 4.68. The minimum atomic E-state index is -0.400. The van der Waals surface area contributed by atoms with Gasteiger partial charge in [0.05, 0.1) is 23.9 Å². The van der Waals surface area contributed by atoms with Gasteiger partial charge < -0.3 is 18.9 Å². The van der Waals surface area contributed by atoms with Crippen LogP contribution in [-0.4, -0.2) is 31.5 Å². The van der Waals surface area contributed by atoms with Crippen molar-refractivity contribution in [1.82, 2.24) is 0 Å². The molecule has 448 valence electrons. The lowest BCUT2D eigenvalue weighted by Gasteiger charge is -2.23. The number of methoxy groups -OCH3 is 1. The zero-order valence-corrected chi connectivity index (χ0v) is 54.5. The van der Waals surface area contributed by atoms with Crippen LogP contribution >= 0.6 is 0 Å². The Bertz CT molecular complexity index is 1990. The zero-order chi connectivity index (χ0) is 62.1. The highest BCUT2D eigenvalue weighted by Gasteiger charge is 2.29. The Balaban J connectivity index is -0.000000200. The van der Waals surface area contributed by atoms with Crippen molar-refractivity contribution in [2.24, 2.45) is 16.7 Å². The second-order valence-corrected chi connectivity index (χ2v) is 18.2. The fourth-order valence-electron chi connectivity index (χ4n) is 5.39. The van der Waals surface area contributed by atoms with Crippen molar-refractivity contribution < 1.29 is 38.1 Å². The Morgan fingerprint density at radius 1 is 0.430 bits per heavy atom. The monoisotopic (exact) mass is 1100 g/mol. The number of rotatable bonds is 17. The van der Waals surface area contributed by atoms with Crippen molar-refractivity contribution in [3.05, 3.63) is 179 Å². The van der Waals surface area contributed by atoms with Gasteiger partial charge in [-0.3, -0.25) is 19.2 Å². The molecule has 5 aromatic carbocycles. The molecule has 0 aliphatic carbocycles. The summed E-state index contributed by atoms with van der Waals surface area (Å²) in [5.74, 6) is 1.04. The van der Waals surface area contributed by atoms with Crippen molar-refractivity contribution in [2.45, 2.75) is 223 Å². The molecular weight excluding hydrogens is 981 g/mol. The Morgan fingerprint density at radius 2 is 0.709 bits per heavy atom. The molecule has 0 saturated carbocycles. The third-order valence-electron chi connectivity index (χ3n) is 11.9. The van der Waals surface area contributed by atoms with Crippen LogP contribution in [0.25, 0.3) is 0 Å². The summed E-state index contributed by atoms with van der Waals surface area (Å²) in [7, 11) is 1.31. The minimum absolute atomic E-state index is 0.00119. The van der Waals surface area contributed by atoms with Gasteiger partial charge in [0.15, 0.2) is 0 Å². The van der Waals surface area contributed by atoms with Crippen molar-refractivity contribution in [1.29, 1.82) is 0 Å². The normalized spacial score (nSPS) is 10.9. The summed E-state index contributed by atoms with van der Waals surface area (Å²) in [6.45, 7) is 47.5. The zero-order valence-electron chi connectivity index (χ0n) is 54.5. The molecule has 0 aliphatic heterocycles. The highest BCUT2D eigenvalue weighted by Crippen LogP contribution is 2.26. The van der Waals surface area contributed by atoms with E-state index in [1.165, 1.54) is 31.1 Å².